The molecule has 1 aliphatic carbocycles. The standard InChI is InChI=1S/C15H29O3S.BF4/c1-15(2,3)18-14(17)13(19(4)5)12(16)11-9-7-6-8-10-11;2-1(3,4)5/h11-13,16H,6-10H2,1-5H3;/q+1;-1/t12-,13+;/m1./s1. The lowest BCUT2D eigenvalue weighted by Crippen LogP contribution is -2.47. The van der Waals surface area contributed by atoms with Crippen molar-refractivity contribution in [2.45, 2.75) is 69.8 Å². The molecule has 2 atom stereocenters. The van der Waals surface area contributed by atoms with Crippen LogP contribution < -0.4 is 0 Å². The van der Waals surface area contributed by atoms with Gasteiger partial charge in [-0.1, -0.05) is 19.3 Å². The van der Waals surface area contributed by atoms with E-state index in [1.165, 1.54) is 19.3 Å². The van der Waals surface area contributed by atoms with Gasteiger partial charge in [-0.15, -0.1) is 0 Å². The maximum Gasteiger partial charge on any atom is 0.673 e. The first-order chi connectivity index (χ1) is 10.7. The summed E-state index contributed by atoms with van der Waals surface area (Å²) in [7, 11) is -6.17. The second-order valence-electron chi connectivity index (χ2n) is 7.22. The molecule has 0 heterocycles. The van der Waals surface area contributed by atoms with Gasteiger partial charge in [-0.3, -0.25) is 0 Å². The third-order valence-corrected chi connectivity index (χ3v) is 5.08. The van der Waals surface area contributed by atoms with Gasteiger partial charge in [-0.05, 0) is 50.4 Å². The largest absolute Gasteiger partial charge is 0.673 e. The molecule has 1 rings (SSSR count). The third kappa shape index (κ3) is 11.2. The van der Waals surface area contributed by atoms with Crippen molar-refractivity contribution in [2.24, 2.45) is 5.92 Å². The Bertz CT molecular complexity index is 374. The molecule has 144 valence electrons. The van der Waals surface area contributed by atoms with Gasteiger partial charge in [-0.2, -0.15) is 0 Å². The summed E-state index contributed by atoms with van der Waals surface area (Å²) in [5, 5.41) is 10.2. The van der Waals surface area contributed by atoms with E-state index in [-0.39, 0.29) is 28.0 Å². The quantitative estimate of drug-likeness (QED) is 0.351. The Morgan fingerprint density at radius 1 is 1.12 bits per heavy atom. The monoisotopic (exact) mass is 376 g/mol. The van der Waals surface area contributed by atoms with Crippen molar-refractivity contribution in [3.8, 4) is 0 Å². The molecule has 0 aromatic carbocycles. The first-order valence-electron chi connectivity index (χ1n) is 8.07. The van der Waals surface area contributed by atoms with Gasteiger partial charge >= 0.3 is 13.2 Å². The molecule has 9 heteroatoms. The van der Waals surface area contributed by atoms with Crippen LogP contribution in [0.3, 0.4) is 0 Å². The molecule has 0 aromatic heterocycles. The number of hydrogen-bond acceptors (Lipinski definition) is 3. The van der Waals surface area contributed by atoms with E-state index < -0.39 is 19.0 Å². The van der Waals surface area contributed by atoms with Crippen molar-refractivity contribution in [1.82, 2.24) is 0 Å². The molecule has 0 amide bonds. The highest BCUT2D eigenvalue weighted by Crippen LogP contribution is 2.30. The highest BCUT2D eigenvalue weighted by Gasteiger charge is 2.44. The average molecular weight is 376 g/mol. The molecule has 0 unspecified atom stereocenters. The zero-order chi connectivity index (χ0) is 19.1. The number of carbonyl (C=O) groups is 1. The number of carbonyl (C=O) groups excluding carboxylic acids is 1. The average Bonchev–Trinajstić information content (AvgIpc) is 2.35. The van der Waals surface area contributed by atoms with Gasteiger partial charge in [0.25, 0.3) is 0 Å². The Labute approximate surface area is 145 Å². The van der Waals surface area contributed by atoms with Crippen LogP contribution in [0.2, 0.25) is 0 Å². The smallest absolute Gasteiger partial charge is 0.456 e. The zero-order valence-corrected chi connectivity index (χ0v) is 15.8. The molecule has 0 saturated heterocycles. The van der Waals surface area contributed by atoms with E-state index in [4.69, 9.17) is 4.74 Å². The minimum absolute atomic E-state index is 0.174. The lowest BCUT2D eigenvalue weighted by atomic mass is 9.84. The Morgan fingerprint density at radius 2 is 1.54 bits per heavy atom. The highest BCUT2D eigenvalue weighted by molar-refractivity contribution is 7.96. The van der Waals surface area contributed by atoms with Crippen LogP contribution in [0.4, 0.5) is 17.3 Å². The highest BCUT2D eigenvalue weighted by atomic mass is 32.2. The molecule has 0 radical (unpaired) electrons. The van der Waals surface area contributed by atoms with Crippen LogP contribution in [0.25, 0.3) is 0 Å². The number of esters is 1. The molecule has 3 nitrogen and oxygen atoms in total. The minimum Gasteiger partial charge on any atom is -0.456 e. The fourth-order valence-corrected chi connectivity index (χ4v) is 3.91. The summed E-state index contributed by atoms with van der Waals surface area (Å²) >= 11 is 0. The number of aliphatic hydroxyl groups excluding tert-OH is 1. The number of aliphatic hydroxyl groups is 1. The van der Waals surface area contributed by atoms with Crippen molar-refractivity contribution in [1.29, 1.82) is 0 Å². The van der Waals surface area contributed by atoms with Crippen LogP contribution in [-0.4, -0.2) is 47.8 Å². The predicted octanol–water partition coefficient (Wildman–Crippen LogP) is 3.82. The van der Waals surface area contributed by atoms with E-state index in [9.17, 15) is 27.2 Å². The number of rotatable bonds is 4. The van der Waals surface area contributed by atoms with Gasteiger partial charge in [0.2, 0.25) is 5.25 Å². The van der Waals surface area contributed by atoms with Crippen molar-refractivity contribution in [2.75, 3.05) is 12.5 Å². The van der Waals surface area contributed by atoms with Crippen molar-refractivity contribution < 1.29 is 31.9 Å². The van der Waals surface area contributed by atoms with E-state index in [0.717, 1.165) is 12.8 Å². The summed E-state index contributed by atoms with van der Waals surface area (Å²) in [5.41, 5.74) is -0.485. The molecule has 1 N–H and O–H groups in total. The zero-order valence-electron chi connectivity index (χ0n) is 15.0. The Hall–Kier alpha value is -0.435. The topological polar surface area (TPSA) is 46.5 Å². The van der Waals surface area contributed by atoms with Gasteiger partial charge in [0.05, 0.1) is 12.5 Å². The van der Waals surface area contributed by atoms with Crippen LogP contribution in [-0.2, 0) is 20.4 Å². The first-order valence-corrected chi connectivity index (χ1v) is 10.2. The molecular formula is C15H29BF4O3S. The summed E-state index contributed by atoms with van der Waals surface area (Å²) in [6.07, 6.45) is 9.16. The van der Waals surface area contributed by atoms with Crippen LogP contribution in [0.15, 0.2) is 0 Å². The van der Waals surface area contributed by atoms with E-state index in [2.05, 4.69) is 0 Å². The first kappa shape index (κ1) is 23.6. The predicted molar refractivity (Wildman–Crippen MR) is 91.6 cm³/mol. The summed E-state index contributed by atoms with van der Waals surface area (Å²) in [5.74, 6) is 0.0278. The molecule has 0 aromatic rings. The SMILES string of the molecule is C[S+](C)[C@H](C(=O)OC(C)(C)C)[C@H](O)C1CCCCC1.F[B-](F)(F)F. The fraction of sp³-hybridized carbons (Fsp3) is 0.933. The summed E-state index contributed by atoms with van der Waals surface area (Å²) in [6, 6.07) is 0. The summed E-state index contributed by atoms with van der Waals surface area (Å²) in [6.45, 7) is 5.62. The Kier molecular flexibility index (Phi) is 9.72. The molecule has 24 heavy (non-hydrogen) atoms. The van der Waals surface area contributed by atoms with E-state index in [1.54, 1.807) is 0 Å². The Balaban J connectivity index is 0.000000922. The molecule has 1 saturated carbocycles. The van der Waals surface area contributed by atoms with E-state index in [1.807, 2.05) is 33.3 Å². The lowest BCUT2D eigenvalue weighted by molar-refractivity contribution is -0.157. The van der Waals surface area contributed by atoms with E-state index >= 15 is 0 Å². The molecule has 1 fully saturated rings. The maximum absolute atomic E-state index is 12.3. The summed E-state index contributed by atoms with van der Waals surface area (Å²) in [4.78, 5) is 12.3. The van der Waals surface area contributed by atoms with E-state index in [0.29, 0.717) is 0 Å². The lowest BCUT2D eigenvalue weighted by Gasteiger charge is -2.30. The molecule has 0 bridgehead atoms. The van der Waals surface area contributed by atoms with Crippen molar-refractivity contribution >= 4 is 24.1 Å². The number of ether oxygens (including phenoxy) is 1. The normalized spacial score (nSPS) is 19.3. The molecular weight excluding hydrogens is 347 g/mol. The van der Waals surface area contributed by atoms with Crippen LogP contribution in [0, 0.1) is 5.92 Å². The fourth-order valence-electron chi connectivity index (χ4n) is 2.69. The second kappa shape index (κ2) is 9.90. The van der Waals surface area contributed by atoms with Gasteiger partial charge in [0.1, 0.15) is 11.7 Å². The van der Waals surface area contributed by atoms with Crippen molar-refractivity contribution in [3.05, 3.63) is 0 Å². The van der Waals surface area contributed by atoms with Gasteiger partial charge in [0.15, 0.2) is 0 Å². The van der Waals surface area contributed by atoms with Crippen LogP contribution in [0.5, 0.6) is 0 Å². The van der Waals surface area contributed by atoms with Gasteiger partial charge < -0.3 is 27.1 Å². The molecule has 0 spiro atoms. The van der Waals surface area contributed by atoms with Gasteiger partial charge in [-0.25, -0.2) is 4.79 Å². The molecule has 0 aliphatic heterocycles. The number of hydrogen-bond donors (Lipinski definition) is 1. The summed E-state index contributed by atoms with van der Waals surface area (Å²) < 4.78 is 44.5. The second-order valence-corrected chi connectivity index (χ2v) is 9.48. The van der Waals surface area contributed by atoms with Crippen LogP contribution in [0.1, 0.15) is 52.9 Å². The Morgan fingerprint density at radius 3 is 1.88 bits per heavy atom. The molecule has 1 aliphatic rings. The maximum atomic E-state index is 12.3. The number of halogens is 4. The third-order valence-electron chi connectivity index (χ3n) is 3.59. The minimum atomic E-state index is -6.00. The van der Waals surface area contributed by atoms with Gasteiger partial charge in [0, 0.05) is 0 Å². The van der Waals surface area contributed by atoms with Crippen LogP contribution >= 0.6 is 0 Å². The van der Waals surface area contributed by atoms with Crippen molar-refractivity contribution in [3.63, 3.8) is 0 Å².